The van der Waals surface area contributed by atoms with Crippen molar-refractivity contribution >= 4 is 27.8 Å². The summed E-state index contributed by atoms with van der Waals surface area (Å²) < 4.78 is 16.6. The highest BCUT2D eigenvalue weighted by Crippen LogP contribution is 2.28. The van der Waals surface area contributed by atoms with Crippen molar-refractivity contribution < 1.29 is 19.0 Å². The summed E-state index contributed by atoms with van der Waals surface area (Å²) in [5, 5.41) is 0. The van der Waals surface area contributed by atoms with Crippen LogP contribution in [0.2, 0.25) is 0 Å². The molecule has 0 N–H and O–H groups in total. The van der Waals surface area contributed by atoms with E-state index in [4.69, 9.17) is 14.2 Å². The number of hydrogen-bond donors (Lipinski definition) is 0. The zero-order valence-electron chi connectivity index (χ0n) is 13.1. The summed E-state index contributed by atoms with van der Waals surface area (Å²) in [7, 11) is 4.68. The second-order valence-corrected chi connectivity index (χ2v) is 5.57. The van der Waals surface area contributed by atoms with E-state index in [0.717, 1.165) is 10.0 Å². The topological polar surface area (TPSA) is 44.8 Å². The maximum atomic E-state index is 12.3. The van der Waals surface area contributed by atoms with Gasteiger partial charge in [-0.2, -0.15) is 0 Å². The van der Waals surface area contributed by atoms with Crippen molar-refractivity contribution in [3.63, 3.8) is 0 Å². The van der Waals surface area contributed by atoms with Gasteiger partial charge in [0, 0.05) is 15.6 Å². The Kier molecular flexibility index (Phi) is 5.82. The van der Waals surface area contributed by atoms with Crippen molar-refractivity contribution in [1.29, 1.82) is 0 Å². The van der Waals surface area contributed by atoms with Gasteiger partial charge in [0.05, 0.1) is 21.3 Å². The molecule has 0 unspecified atom stereocenters. The molecule has 5 heteroatoms. The van der Waals surface area contributed by atoms with Gasteiger partial charge >= 0.3 is 0 Å². The minimum Gasteiger partial charge on any atom is -0.496 e. The van der Waals surface area contributed by atoms with Gasteiger partial charge in [0.25, 0.3) is 0 Å². The van der Waals surface area contributed by atoms with Gasteiger partial charge in [0.15, 0.2) is 17.3 Å². The lowest BCUT2D eigenvalue weighted by Crippen LogP contribution is -1.97. The molecule has 0 radical (unpaired) electrons. The van der Waals surface area contributed by atoms with E-state index in [0.29, 0.717) is 22.8 Å². The number of ketones is 1. The fourth-order valence-corrected chi connectivity index (χ4v) is 2.47. The van der Waals surface area contributed by atoms with Crippen LogP contribution in [-0.2, 0) is 0 Å². The van der Waals surface area contributed by atoms with E-state index in [9.17, 15) is 4.79 Å². The summed E-state index contributed by atoms with van der Waals surface area (Å²) in [6.07, 6.45) is 3.23. The van der Waals surface area contributed by atoms with Crippen LogP contribution in [0.25, 0.3) is 6.08 Å². The number of ether oxygens (including phenoxy) is 3. The predicted molar refractivity (Wildman–Crippen MR) is 93.6 cm³/mol. The fraction of sp³-hybridized carbons (Fsp3) is 0.167. The molecule has 0 fully saturated rings. The monoisotopic (exact) mass is 376 g/mol. The number of halogens is 1. The number of carbonyl (C=O) groups excluding carboxylic acids is 1. The molecular weight excluding hydrogens is 360 g/mol. The molecule has 0 aromatic heterocycles. The molecule has 0 heterocycles. The van der Waals surface area contributed by atoms with Crippen molar-refractivity contribution in [3.8, 4) is 17.2 Å². The average Bonchev–Trinajstić information content (AvgIpc) is 2.59. The minimum atomic E-state index is -0.131. The second kappa shape index (κ2) is 7.83. The second-order valence-electron chi connectivity index (χ2n) is 4.65. The van der Waals surface area contributed by atoms with Crippen LogP contribution in [-0.4, -0.2) is 27.1 Å². The molecule has 0 bridgehead atoms. The molecule has 0 saturated heterocycles. The molecule has 2 rings (SSSR count). The summed E-state index contributed by atoms with van der Waals surface area (Å²) >= 11 is 3.41. The first-order valence-corrected chi connectivity index (χ1v) is 7.66. The summed E-state index contributed by atoms with van der Waals surface area (Å²) in [6.45, 7) is 0. The minimum absolute atomic E-state index is 0.131. The molecule has 23 heavy (non-hydrogen) atoms. The van der Waals surface area contributed by atoms with Crippen LogP contribution in [0.15, 0.2) is 46.9 Å². The van der Waals surface area contributed by atoms with Gasteiger partial charge in [0.2, 0.25) is 0 Å². The molecule has 0 saturated carbocycles. The van der Waals surface area contributed by atoms with Gasteiger partial charge in [-0.3, -0.25) is 4.79 Å². The number of benzene rings is 2. The molecule has 120 valence electrons. The highest BCUT2D eigenvalue weighted by Gasteiger charge is 2.09. The predicted octanol–water partition coefficient (Wildman–Crippen LogP) is 4.37. The zero-order valence-corrected chi connectivity index (χ0v) is 14.7. The normalized spacial score (nSPS) is 10.6. The van der Waals surface area contributed by atoms with Crippen molar-refractivity contribution in [3.05, 3.63) is 58.1 Å². The first-order chi connectivity index (χ1) is 11.1. The Morgan fingerprint density at radius 2 is 1.57 bits per heavy atom. The van der Waals surface area contributed by atoms with E-state index in [1.165, 1.54) is 13.2 Å². The molecule has 0 amide bonds. The van der Waals surface area contributed by atoms with Crippen LogP contribution in [0.3, 0.4) is 0 Å². The van der Waals surface area contributed by atoms with E-state index in [2.05, 4.69) is 15.9 Å². The Morgan fingerprint density at radius 3 is 2.22 bits per heavy atom. The number of allylic oxidation sites excluding steroid dienone is 1. The third-order valence-electron chi connectivity index (χ3n) is 3.27. The maximum absolute atomic E-state index is 12.3. The molecule has 4 nitrogen and oxygen atoms in total. The molecule has 0 aliphatic rings. The molecule has 0 spiro atoms. The quantitative estimate of drug-likeness (QED) is 0.554. The standard InChI is InChI=1S/C18H17BrO4/c1-21-16-9-6-14(19)10-13(16)4-7-15(20)12-5-8-17(22-2)18(11-12)23-3/h4-11H,1-3H3/b7-4+. The lowest BCUT2D eigenvalue weighted by molar-refractivity contribution is 0.104. The van der Waals surface area contributed by atoms with Crippen LogP contribution in [0.4, 0.5) is 0 Å². The number of rotatable bonds is 6. The van der Waals surface area contributed by atoms with Gasteiger partial charge in [-0.25, -0.2) is 0 Å². The van der Waals surface area contributed by atoms with Crippen molar-refractivity contribution in [1.82, 2.24) is 0 Å². The number of hydrogen-bond acceptors (Lipinski definition) is 4. The van der Waals surface area contributed by atoms with Crippen LogP contribution in [0, 0.1) is 0 Å². The Labute approximate surface area is 143 Å². The smallest absolute Gasteiger partial charge is 0.185 e. The van der Waals surface area contributed by atoms with Gasteiger partial charge in [-0.05, 0) is 48.6 Å². The van der Waals surface area contributed by atoms with Crippen LogP contribution in [0.1, 0.15) is 15.9 Å². The Morgan fingerprint density at radius 1 is 0.913 bits per heavy atom. The average molecular weight is 377 g/mol. The molecule has 2 aromatic carbocycles. The molecule has 0 aliphatic heterocycles. The molecular formula is C18H17BrO4. The van der Waals surface area contributed by atoms with Crippen LogP contribution in [0.5, 0.6) is 17.2 Å². The third kappa shape index (κ3) is 4.13. The lowest BCUT2D eigenvalue weighted by Gasteiger charge is -2.08. The summed E-state index contributed by atoms with van der Waals surface area (Å²) in [5.74, 6) is 1.67. The Bertz CT molecular complexity index is 738. The molecule has 2 aromatic rings. The SMILES string of the molecule is COc1ccc(Br)cc1/C=C/C(=O)c1ccc(OC)c(OC)c1. The summed E-state index contributed by atoms with van der Waals surface area (Å²) in [4.78, 5) is 12.3. The highest BCUT2D eigenvalue weighted by molar-refractivity contribution is 9.10. The first-order valence-electron chi connectivity index (χ1n) is 6.87. The van der Waals surface area contributed by atoms with Crippen molar-refractivity contribution in [2.75, 3.05) is 21.3 Å². The largest absolute Gasteiger partial charge is 0.496 e. The van der Waals surface area contributed by atoms with Gasteiger partial charge in [-0.15, -0.1) is 0 Å². The Balaban J connectivity index is 2.27. The van der Waals surface area contributed by atoms with Gasteiger partial charge < -0.3 is 14.2 Å². The fourth-order valence-electron chi connectivity index (χ4n) is 2.09. The number of carbonyl (C=O) groups is 1. The van der Waals surface area contributed by atoms with Gasteiger partial charge in [-0.1, -0.05) is 15.9 Å². The van der Waals surface area contributed by atoms with E-state index >= 15 is 0 Å². The first kappa shape index (κ1) is 17.1. The summed E-state index contributed by atoms with van der Waals surface area (Å²) in [5.41, 5.74) is 1.34. The molecule has 0 atom stereocenters. The Hall–Kier alpha value is -2.27. The van der Waals surface area contributed by atoms with Crippen molar-refractivity contribution in [2.45, 2.75) is 0 Å². The van der Waals surface area contributed by atoms with Crippen molar-refractivity contribution in [2.24, 2.45) is 0 Å². The van der Waals surface area contributed by atoms with E-state index in [-0.39, 0.29) is 5.78 Å². The zero-order chi connectivity index (χ0) is 16.8. The highest BCUT2D eigenvalue weighted by atomic mass is 79.9. The van der Waals surface area contributed by atoms with E-state index in [1.807, 2.05) is 18.2 Å². The third-order valence-corrected chi connectivity index (χ3v) is 3.77. The summed E-state index contributed by atoms with van der Waals surface area (Å²) in [6, 6.07) is 10.7. The maximum Gasteiger partial charge on any atom is 0.185 e. The van der Waals surface area contributed by atoms with Crippen LogP contribution >= 0.6 is 15.9 Å². The lowest BCUT2D eigenvalue weighted by atomic mass is 10.1. The molecule has 0 aliphatic carbocycles. The van der Waals surface area contributed by atoms with E-state index < -0.39 is 0 Å². The number of methoxy groups -OCH3 is 3. The van der Waals surface area contributed by atoms with Crippen LogP contribution < -0.4 is 14.2 Å². The van der Waals surface area contributed by atoms with Gasteiger partial charge in [0.1, 0.15) is 5.75 Å². The van der Waals surface area contributed by atoms with E-state index in [1.54, 1.807) is 38.5 Å².